The van der Waals surface area contributed by atoms with Crippen LogP contribution in [0.2, 0.25) is 0 Å². The van der Waals surface area contributed by atoms with Crippen LogP contribution in [0.3, 0.4) is 0 Å². The third kappa shape index (κ3) is 0.902. The monoisotopic (exact) mass is 240 g/mol. The molecule has 0 bridgehead atoms. The van der Waals surface area contributed by atoms with Crippen LogP contribution in [0.25, 0.3) is 0 Å². The Balaban J connectivity index is 3.19. The Kier molecular flexibility index (Phi) is 1.62. The van der Waals surface area contributed by atoms with Crippen LogP contribution in [0.4, 0.5) is 0 Å². The summed E-state index contributed by atoms with van der Waals surface area (Å²) in [6.45, 7) is 0. The zero-order valence-electron chi connectivity index (χ0n) is 3.69. The Morgan fingerprint density at radius 2 is 2.12 bits per heavy atom. The number of halogens is 2. The second kappa shape index (κ2) is 2.11. The minimum absolute atomic E-state index is 0.100. The lowest BCUT2D eigenvalue weighted by molar-refractivity contribution is 0.330. The van der Waals surface area contributed by atoms with Gasteiger partial charge < -0.3 is 9.52 Å². The minimum Gasteiger partial charge on any atom is -0.480 e. The van der Waals surface area contributed by atoms with Crippen molar-refractivity contribution in [3.8, 4) is 5.95 Å². The van der Waals surface area contributed by atoms with Gasteiger partial charge in [0.2, 0.25) is 0 Å². The van der Waals surface area contributed by atoms with Crippen LogP contribution in [0.5, 0.6) is 5.95 Å². The molecular formula is C4H2Br2O2. The van der Waals surface area contributed by atoms with Crippen LogP contribution in [0, 0.1) is 0 Å². The molecule has 0 atom stereocenters. The molecule has 0 aliphatic heterocycles. The van der Waals surface area contributed by atoms with E-state index in [-0.39, 0.29) is 5.95 Å². The van der Waals surface area contributed by atoms with Gasteiger partial charge in [-0.2, -0.15) is 0 Å². The first-order valence-corrected chi connectivity index (χ1v) is 3.42. The Hall–Kier alpha value is 0.0400. The molecule has 1 rings (SSSR count). The second-order valence-electron chi connectivity index (χ2n) is 1.20. The molecule has 0 saturated heterocycles. The van der Waals surface area contributed by atoms with E-state index in [4.69, 9.17) is 5.11 Å². The van der Waals surface area contributed by atoms with Crippen molar-refractivity contribution in [2.24, 2.45) is 0 Å². The Morgan fingerprint density at radius 3 is 2.25 bits per heavy atom. The van der Waals surface area contributed by atoms with E-state index in [2.05, 4.69) is 36.3 Å². The predicted molar refractivity (Wildman–Crippen MR) is 35.8 cm³/mol. The second-order valence-corrected chi connectivity index (χ2v) is 2.85. The van der Waals surface area contributed by atoms with Gasteiger partial charge in [-0.3, -0.25) is 0 Å². The van der Waals surface area contributed by atoms with Crippen LogP contribution >= 0.6 is 31.9 Å². The van der Waals surface area contributed by atoms with E-state index < -0.39 is 0 Å². The van der Waals surface area contributed by atoms with Gasteiger partial charge in [0, 0.05) is 0 Å². The van der Waals surface area contributed by atoms with Crippen molar-refractivity contribution in [3.63, 3.8) is 0 Å². The van der Waals surface area contributed by atoms with Crippen molar-refractivity contribution in [2.75, 3.05) is 0 Å². The standard InChI is InChI=1S/C4H2Br2O2/c5-2-1-8-4(7)3(2)6/h1,7H. The van der Waals surface area contributed by atoms with Crippen molar-refractivity contribution < 1.29 is 9.52 Å². The van der Waals surface area contributed by atoms with Crippen LogP contribution in [0.1, 0.15) is 0 Å². The summed E-state index contributed by atoms with van der Waals surface area (Å²) in [4.78, 5) is 0. The molecule has 1 N–H and O–H groups in total. The molecule has 0 fully saturated rings. The fraction of sp³-hybridized carbons (Fsp3) is 0. The number of furan rings is 1. The van der Waals surface area contributed by atoms with Gasteiger partial charge in [0.1, 0.15) is 10.7 Å². The molecule has 0 aliphatic rings. The highest BCUT2D eigenvalue weighted by molar-refractivity contribution is 9.13. The number of hydrogen-bond donors (Lipinski definition) is 1. The van der Waals surface area contributed by atoms with E-state index in [1.807, 2.05) is 0 Å². The number of rotatable bonds is 0. The van der Waals surface area contributed by atoms with E-state index in [0.29, 0.717) is 4.47 Å². The lowest BCUT2D eigenvalue weighted by Gasteiger charge is -1.78. The number of aromatic hydroxyl groups is 1. The average Bonchev–Trinajstić information content (AvgIpc) is 1.98. The topological polar surface area (TPSA) is 33.4 Å². The van der Waals surface area contributed by atoms with Crippen molar-refractivity contribution >= 4 is 31.9 Å². The van der Waals surface area contributed by atoms with Crippen LogP contribution in [-0.2, 0) is 0 Å². The van der Waals surface area contributed by atoms with Gasteiger partial charge in [0.15, 0.2) is 0 Å². The highest BCUT2D eigenvalue weighted by Gasteiger charge is 2.04. The largest absolute Gasteiger partial charge is 0.480 e. The van der Waals surface area contributed by atoms with Crippen LogP contribution < -0.4 is 0 Å². The third-order valence-electron chi connectivity index (χ3n) is 0.671. The lowest BCUT2D eigenvalue weighted by Crippen LogP contribution is -1.53. The molecule has 0 aromatic carbocycles. The number of hydrogen-bond acceptors (Lipinski definition) is 2. The summed E-state index contributed by atoms with van der Waals surface area (Å²) in [7, 11) is 0. The van der Waals surface area contributed by atoms with E-state index in [1.54, 1.807) is 0 Å². The molecule has 0 spiro atoms. The molecule has 0 radical (unpaired) electrons. The molecule has 1 heterocycles. The summed E-state index contributed by atoms with van der Waals surface area (Å²) in [5, 5.41) is 8.70. The van der Waals surface area contributed by atoms with Gasteiger partial charge in [-0.1, -0.05) is 0 Å². The maximum absolute atomic E-state index is 8.70. The van der Waals surface area contributed by atoms with Crippen LogP contribution in [0.15, 0.2) is 19.6 Å². The van der Waals surface area contributed by atoms with Gasteiger partial charge >= 0.3 is 0 Å². The highest BCUT2D eigenvalue weighted by Crippen LogP contribution is 2.32. The van der Waals surface area contributed by atoms with E-state index in [9.17, 15) is 0 Å². The molecule has 0 amide bonds. The van der Waals surface area contributed by atoms with Gasteiger partial charge in [-0.05, 0) is 31.9 Å². The molecule has 1 aromatic heterocycles. The fourth-order valence-corrected chi connectivity index (χ4v) is 0.763. The SMILES string of the molecule is Oc1occ(Br)c1Br. The fourth-order valence-electron chi connectivity index (χ4n) is 0.313. The summed E-state index contributed by atoms with van der Waals surface area (Å²) >= 11 is 6.17. The van der Waals surface area contributed by atoms with Crippen molar-refractivity contribution in [1.82, 2.24) is 0 Å². The van der Waals surface area contributed by atoms with Crippen molar-refractivity contribution in [3.05, 3.63) is 15.2 Å². The van der Waals surface area contributed by atoms with Gasteiger partial charge in [0.05, 0.1) is 4.47 Å². The normalized spacial score (nSPS) is 9.75. The lowest BCUT2D eigenvalue weighted by atomic mass is 10.6. The zero-order chi connectivity index (χ0) is 6.15. The van der Waals surface area contributed by atoms with E-state index in [0.717, 1.165) is 4.47 Å². The minimum atomic E-state index is -0.100. The Bertz CT molecular complexity index is 174. The van der Waals surface area contributed by atoms with Crippen molar-refractivity contribution in [1.29, 1.82) is 0 Å². The third-order valence-corrected chi connectivity index (χ3v) is 2.55. The van der Waals surface area contributed by atoms with Gasteiger partial charge in [-0.15, -0.1) is 0 Å². The summed E-state index contributed by atoms with van der Waals surface area (Å²) in [6, 6.07) is 0. The Labute approximate surface area is 62.8 Å². The first-order chi connectivity index (χ1) is 3.72. The summed E-state index contributed by atoms with van der Waals surface area (Å²) in [6.07, 6.45) is 1.40. The molecule has 8 heavy (non-hydrogen) atoms. The first-order valence-electron chi connectivity index (χ1n) is 1.83. The maximum Gasteiger partial charge on any atom is 0.297 e. The van der Waals surface area contributed by atoms with E-state index in [1.165, 1.54) is 6.26 Å². The average molecular weight is 242 g/mol. The molecular weight excluding hydrogens is 240 g/mol. The smallest absolute Gasteiger partial charge is 0.297 e. The molecule has 0 aliphatic carbocycles. The van der Waals surface area contributed by atoms with Gasteiger partial charge in [0.25, 0.3) is 5.95 Å². The highest BCUT2D eigenvalue weighted by atomic mass is 79.9. The van der Waals surface area contributed by atoms with Crippen molar-refractivity contribution in [2.45, 2.75) is 0 Å². The first kappa shape index (κ1) is 6.16. The molecule has 0 saturated carbocycles. The summed E-state index contributed by atoms with van der Waals surface area (Å²) < 4.78 is 5.83. The maximum atomic E-state index is 8.70. The zero-order valence-corrected chi connectivity index (χ0v) is 6.86. The summed E-state index contributed by atoms with van der Waals surface area (Å²) in [5.41, 5.74) is 0. The molecule has 0 unspecified atom stereocenters. The quantitative estimate of drug-likeness (QED) is 0.757. The van der Waals surface area contributed by atoms with E-state index >= 15 is 0 Å². The Morgan fingerprint density at radius 1 is 1.50 bits per heavy atom. The van der Waals surface area contributed by atoms with Gasteiger partial charge in [-0.25, -0.2) is 0 Å². The molecule has 2 nitrogen and oxygen atoms in total. The summed E-state index contributed by atoms with van der Waals surface area (Å²) in [5.74, 6) is -0.100. The van der Waals surface area contributed by atoms with Crippen LogP contribution in [-0.4, -0.2) is 5.11 Å². The molecule has 44 valence electrons. The molecule has 1 aromatic rings. The predicted octanol–water partition coefficient (Wildman–Crippen LogP) is 2.51. The molecule has 4 heteroatoms.